The lowest BCUT2D eigenvalue weighted by Crippen LogP contribution is -2.39. The summed E-state index contributed by atoms with van der Waals surface area (Å²) in [7, 11) is 1.66. The Morgan fingerprint density at radius 3 is 2.71 bits per heavy atom. The molecule has 6 nitrogen and oxygen atoms in total. The van der Waals surface area contributed by atoms with Crippen LogP contribution in [0.25, 0.3) is 0 Å². The number of ether oxygens (including phenoxy) is 1. The highest BCUT2D eigenvalue weighted by molar-refractivity contribution is 5.81. The third-order valence-electron chi connectivity index (χ3n) is 4.03. The third-order valence-corrected chi connectivity index (χ3v) is 4.03. The van der Waals surface area contributed by atoms with Crippen LogP contribution in [0.3, 0.4) is 0 Å². The molecule has 1 saturated heterocycles. The number of nitrogens with one attached hydrogen (secondary N) is 2. The van der Waals surface area contributed by atoms with Crippen molar-refractivity contribution in [3.8, 4) is 5.75 Å². The molecule has 1 aromatic rings. The fourth-order valence-electron chi connectivity index (χ4n) is 2.75. The first-order chi connectivity index (χ1) is 11.7. The van der Waals surface area contributed by atoms with Crippen molar-refractivity contribution in [3.63, 3.8) is 0 Å². The van der Waals surface area contributed by atoms with Crippen LogP contribution in [0.4, 0.5) is 0 Å². The quantitative estimate of drug-likeness (QED) is 0.590. The maximum Gasteiger partial charge on any atom is 0.224 e. The van der Waals surface area contributed by atoms with Crippen LogP contribution in [0.2, 0.25) is 0 Å². The number of likely N-dealkylation sites (tertiary alicyclic amines) is 1. The lowest BCUT2D eigenvalue weighted by atomic mass is 10.2. The highest BCUT2D eigenvalue weighted by atomic mass is 16.5. The molecule has 132 valence electrons. The van der Waals surface area contributed by atoms with Crippen molar-refractivity contribution in [2.75, 3.05) is 33.3 Å². The van der Waals surface area contributed by atoms with Crippen molar-refractivity contribution in [3.05, 3.63) is 29.8 Å². The van der Waals surface area contributed by atoms with Crippen molar-refractivity contribution >= 4 is 11.9 Å². The molecule has 1 fully saturated rings. The minimum Gasteiger partial charge on any atom is -0.496 e. The number of hydrogen-bond donors (Lipinski definition) is 2. The van der Waals surface area contributed by atoms with Gasteiger partial charge in [0, 0.05) is 38.2 Å². The van der Waals surface area contributed by atoms with Gasteiger partial charge in [-0.2, -0.15) is 0 Å². The van der Waals surface area contributed by atoms with E-state index in [0.717, 1.165) is 49.7 Å². The van der Waals surface area contributed by atoms with Crippen LogP contribution in [0.1, 0.15) is 31.7 Å². The molecule has 1 heterocycles. The van der Waals surface area contributed by atoms with Gasteiger partial charge in [-0.1, -0.05) is 18.2 Å². The Balaban J connectivity index is 1.85. The summed E-state index contributed by atoms with van der Waals surface area (Å²) in [5.41, 5.74) is 1.03. The number of nitrogens with zero attached hydrogens (tertiary/aromatic N) is 2. The third kappa shape index (κ3) is 5.44. The fraction of sp³-hybridized carbons (Fsp3) is 0.556. The van der Waals surface area contributed by atoms with E-state index in [1.165, 1.54) is 0 Å². The first kappa shape index (κ1) is 18.1. The molecule has 1 aliphatic heterocycles. The number of aliphatic imine (C=N–C) groups is 1. The number of benzene rings is 1. The van der Waals surface area contributed by atoms with Crippen LogP contribution in [0.5, 0.6) is 5.75 Å². The number of rotatable bonds is 7. The zero-order valence-corrected chi connectivity index (χ0v) is 14.7. The number of carbonyl (C=O) groups is 1. The van der Waals surface area contributed by atoms with Gasteiger partial charge in [-0.15, -0.1) is 0 Å². The van der Waals surface area contributed by atoms with E-state index in [1.54, 1.807) is 7.11 Å². The van der Waals surface area contributed by atoms with E-state index in [-0.39, 0.29) is 5.91 Å². The van der Waals surface area contributed by atoms with E-state index in [2.05, 4.69) is 15.6 Å². The second-order valence-corrected chi connectivity index (χ2v) is 5.77. The Hall–Kier alpha value is -2.24. The first-order valence-electron chi connectivity index (χ1n) is 8.66. The number of para-hydroxylation sites is 1. The molecule has 0 bridgehead atoms. The minimum absolute atomic E-state index is 0.223. The minimum atomic E-state index is 0.223. The second kappa shape index (κ2) is 9.80. The monoisotopic (exact) mass is 332 g/mol. The standard InChI is InChI=1S/C18H28N4O2/c1-3-19-18(20-11-10-17(23)22-12-6-7-13-22)21-14-15-8-4-5-9-16(15)24-2/h4-5,8-9H,3,6-7,10-14H2,1-2H3,(H2,19,20,21). The molecule has 2 N–H and O–H groups in total. The van der Waals surface area contributed by atoms with Crippen molar-refractivity contribution in [1.82, 2.24) is 15.5 Å². The molecule has 0 aromatic heterocycles. The molecule has 2 rings (SSSR count). The fourth-order valence-corrected chi connectivity index (χ4v) is 2.75. The zero-order valence-electron chi connectivity index (χ0n) is 14.7. The van der Waals surface area contributed by atoms with Crippen LogP contribution >= 0.6 is 0 Å². The number of carbonyl (C=O) groups excluding carboxylic acids is 1. The van der Waals surface area contributed by atoms with E-state index in [9.17, 15) is 4.79 Å². The van der Waals surface area contributed by atoms with Gasteiger partial charge in [-0.05, 0) is 25.8 Å². The van der Waals surface area contributed by atoms with Crippen LogP contribution in [0, 0.1) is 0 Å². The summed E-state index contributed by atoms with van der Waals surface area (Å²) in [5.74, 6) is 1.78. The van der Waals surface area contributed by atoms with Gasteiger partial charge in [0.15, 0.2) is 5.96 Å². The zero-order chi connectivity index (χ0) is 17.2. The molecule has 0 saturated carbocycles. The Morgan fingerprint density at radius 1 is 1.25 bits per heavy atom. The predicted molar refractivity (Wildman–Crippen MR) is 96.2 cm³/mol. The molecule has 0 radical (unpaired) electrons. The lowest BCUT2D eigenvalue weighted by Gasteiger charge is -2.16. The molecule has 24 heavy (non-hydrogen) atoms. The SMILES string of the molecule is CCNC(=NCc1ccccc1OC)NCCC(=O)N1CCCC1. The Morgan fingerprint density at radius 2 is 2.00 bits per heavy atom. The molecular weight excluding hydrogens is 304 g/mol. The van der Waals surface area contributed by atoms with Crippen LogP contribution in [0.15, 0.2) is 29.3 Å². The summed E-state index contributed by atoms with van der Waals surface area (Å²) in [6, 6.07) is 7.85. The number of methoxy groups -OCH3 is 1. The van der Waals surface area contributed by atoms with Crippen LogP contribution < -0.4 is 15.4 Å². The van der Waals surface area contributed by atoms with E-state index in [0.29, 0.717) is 19.5 Å². The number of guanidine groups is 1. The maximum absolute atomic E-state index is 12.1. The molecule has 6 heteroatoms. The molecule has 1 aromatic carbocycles. The Kier molecular flexibility index (Phi) is 7.39. The molecule has 1 amide bonds. The molecule has 0 atom stereocenters. The predicted octanol–water partition coefficient (Wildman–Crippen LogP) is 1.76. The first-order valence-corrected chi connectivity index (χ1v) is 8.66. The van der Waals surface area contributed by atoms with E-state index < -0.39 is 0 Å². The summed E-state index contributed by atoms with van der Waals surface area (Å²) >= 11 is 0. The summed E-state index contributed by atoms with van der Waals surface area (Å²) in [6.45, 7) is 5.72. The van der Waals surface area contributed by atoms with Gasteiger partial charge >= 0.3 is 0 Å². The molecular formula is C18H28N4O2. The summed E-state index contributed by atoms with van der Waals surface area (Å²) in [5, 5.41) is 6.44. The summed E-state index contributed by atoms with van der Waals surface area (Å²) in [6.07, 6.45) is 2.75. The number of hydrogen-bond acceptors (Lipinski definition) is 3. The Labute approximate surface area is 144 Å². The lowest BCUT2D eigenvalue weighted by molar-refractivity contribution is -0.129. The van der Waals surface area contributed by atoms with Crippen LogP contribution in [-0.4, -0.2) is 50.1 Å². The average molecular weight is 332 g/mol. The largest absolute Gasteiger partial charge is 0.496 e. The topological polar surface area (TPSA) is 66.0 Å². The smallest absolute Gasteiger partial charge is 0.224 e. The van der Waals surface area contributed by atoms with Gasteiger partial charge in [0.2, 0.25) is 5.91 Å². The van der Waals surface area contributed by atoms with Gasteiger partial charge in [0.05, 0.1) is 13.7 Å². The van der Waals surface area contributed by atoms with Gasteiger partial charge in [0.1, 0.15) is 5.75 Å². The molecule has 0 unspecified atom stereocenters. The molecule has 0 spiro atoms. The Bertz CT molecular complexity index is 554. The maximum atomic E-state index is 12.1. The summed E-state index contributed by atoms with van der Waals surface area (Å²) in [4.78, 5) is 18.6. The van der Waals surface area contributed by atoms with E-state index in [4.69, 9.17) is 4.74 Å². The normalized spacial score (nSPS) is 14.6. The van der Waals surface area contributed by atoms with Crippen molar-refractivity contribution in [2.24, 2.45) is 4.99 Å². The van der Waals surface area contributed by atoms with E-state index >= 15 is 0 Å². The van der Waals surface area contributed by atoms with Gasteiger partial charge in [-0.25, -0.2) is 4.99 Å². The highest BCUT2D eigenvalue weighted by Crippen LogP contribution is 2.17. The molecule has 1 aliphatic rings. The second-order valence-electron chi connectivity index (χ2n) is 5.77. The van der Waals surface area contributed by atoms with E-state index in [1.807, 2.05) is 36.1 Å². The highest BCUT2D eigenvalue weighted by Gasteiger charge is 2.17. The van der Waals surface area contributed by atoms with Gasteiger partial charge < -0.3 is 20.3 Å². The van der Waals surface area contributed by atoms with Crippen LogP contribution in [-0.2, 0) is 11.3 Å². The summed E-state index contributed by atoms with van der Waals surface area (Å²) < 4.78 is 5.35. The van der Waals surface area contributed by atoms with Gasteiger partial charge in [0.25, 0.3) is 0 Å². The van der Waals surface area contributed by atoms with Crippen molar-refractivity contribution in [1.29, 1.82) is 0 Å². The van der Waals surface area contributed by atoms with Gasteiger partial charge in [-0.3, -0.25) is 4.79 Å². The van der Waals surface area contributed by atoms with Crippen molar-refractivity contribution in [2.45, 2.75) is 32.7 Å². The molecule has 0 aliphatic carbocycles. The van der Waals surface area contributed by atoms with Crippen molar-refractivity contribution < 1.29 is 9.53 Å². The number of amides is 1. The average Bonchev–Trinajstić information content (AvgIpc) is 3.14.